The molecule has 0 bridgehead atoms. The van der Waals surface area contributed by atoms with E-state index in [1.807, 2.05) is 11.6 Å². The maximum Gasteiger partial charge on any atom is 0.179 e. The van der Waals surface area contributed by atoms with Crippen molar-refractivity contribution in [2.45, 2.75) is 25.8 Å². The molecule has 5 nitrogen and oxygen atoms in total. The monoisotopic (exact) mass is 269 g/mol. The van der Waals surface area contributed by atoms with Crippen LogP contribution in [0.4, 0.5) is 0 Å². The Hall–Kier alpha value is -1.09. The molecule has 1 saturated heterocycles. The molecular formula is C9H12BrN5. The van der Waals surface area contributed by atoms with Crippen LogP contribution in [0.1, 0.15) is 24.6 Å². The molecule has 0 aromatic carbocycles. The zero-order valence-electron chi connectivity index (χ0n) is 8.52. The van der Waals surface area contributed by atoms with Gasteiger partial charge in [0, 0.05) is 13.1 Å². The molecule has 1 aromatic heterocycles. The number of nitrogens with zero attached hydrogens (tertiary/aromatic N) is 5. The minimum Gasteiger partial charge on any atom is -0.310 e. The van der Waals surface area contributed by atoms with Gasteiger partial charge in [0.05, 0.1) is 11.7 Å². The van der Waals surface area contributed by atoms with Crippen LogP contribution in [0.15, 0.2) is 4.60 Å². The molecule has 0 saturated carbocycles. The summed E-state index contributed by atoms with van der Waals surface area (Å²) in [6, 6.07) is 0.383. The summed E-state index contributed by atoms with van der Waals surface area (Å²) < 4.78 is 2.77. The van der Waals surface area contributed by atoms with Crippen LogP contribution in [0.25, 0.3) is 0 Å². The lowest BCUT2D eigenvalue weighted by molar-refractivity contribution is 0.237. The zero-order chi connectivity index (χ0) is 10.8. The van der Waals surface area contributed by atoms with Gasteiger partial charge in [0.25, 0.3) is 0 Å². The largest absolute Gasteiger partial charge is 0.310 e. The number of nitriles is 1. The number of hydrogen-bond acceptors (Lipinski definition) is 4. The second-order valence-electron chi connectivity index (χ2n) is 3.73. The summed E-state index contributed by atoms with van der Waals surface area (Å²) in [5, 5.41) is 16.8. The van der Waals surface area contributed by atoms with E-state index in [-0.39, 0.29) is 0 Å². The van der Waals surface area contributed by atoms with E-state index in [1.165, 1.54) is 0 Å². The first-order valence-corrected chi connectivity index (χ1v) is 5.73. The minimum atomic E-state index is 0.383. The standard InChI is InChI=1S/C9H12BrN5/c1-7-9(10)12-13-15(7)8-2-4-14(6-11)5-3-8/h8H,2-5H2,1H3. The van der Waals surface area contributed by atoms with Gasteiger partial charge in [-0.15, -0.1) is 5.10 Å². The van der Waals surface area contributed by atoms with Crippen molar-refractivity contribution in [1.82, 2.24) is 19.9 Å². The zero-order valence-corrected chi connectivity index (χ0v) is 10.1. The first-order chi connectivity index (χ1) is 7.22. The van der Waals surface area contributed by atoms with Gasteiger partial charge in [-0.1, -0.05) is 5.21 Å². The normalized spacial score (nSPS) is 17.8. The summed E-state index contributed by atoms with van der Waals surface area (Å²) >= 11 is 3.35. The Morgan fingerprint density at radius 3 is 2.60 bits per heavy atom. The van der Waals surface area contributed by atoms with Gasteiger partial charge >= 0.3 is 0 Å². The van der Waals surface area contributed by atoms with Gasteiger partial charge < -0.3 is 4.90 Å². The van der Waals surface area contributed by atoms with Crippen LogP contribution >= 0.6 is 15.9 Å². The van der Waals surface area contributed by atoms with E-state index in [1.54, 1.807) is 4.90 Å². The molecule has 0 radical (unpaired) electrons. The van der Waals surface area contributed by atoms with Crippen LogP contribution in [0.3, 0.4) is 0 Å². The van der Waals surface area contributed by atoms with Gasteiger partial charge in [0.1, 0.15) is 0 Å². The van der Waals surface area contributed by atoms with Crippen LogP contribution in [0.2, 0.25) is 0 Å². The Morgan fingerprint density at radius 2 is 2.13 bits per heavy atom. The topological polar surface area (TPSA) is 57.7 Å². The Kier molecular flexibility index (Phi) is 2.91. The smallest absolute Gasteiger partial charge is 0.179 e. The number of rotatable bonds is 1. The van der Waals surface area contributed by atoms with E-state index in [9.17, 15) is 0 Å². The molecule has 0 amide bonds. The van der Waals surface area contributed by atoms with E-state index in [2.05, 4.69) is 32.4 Å². The maximum atomic E-state index is 8.74. The van der Waals surface area contributed by atoms with Crippen molar-refractivity contribution in [3.05, 3.63) is 10.3 Å². The predicted molar refractivity (Wildman–Crippen MR) is 57.9 cm³/mol. The van der Waals surface area contributed by atoms with Crippen molar-refractivity contribution in [1.29, 1.82) is 5.26 Å². The molecule has 0 atom stereocenters. The van der Waals surface area contributed by atoms with Crippen LogP contribution in [0.5, 0.6) is 0 Å². The highest BCUT2D eigenvalue weighted by molar-refractivity contribution is 9.10. The molecular weight excluding hydrogens is 258 g/mol. The van der Waals surface area contributed by atoms with Gasteiger partial charge in [0.15, 0.2) is 10.8 Å². The minimum absolute atomic E-state index is 0.383. The summed E-state index contributed by atoms with van der Waals surface area (Å²) in [6.07, 6.45) is 4.10. The average molecular weight is 270 g/mol. The van der Waals surface area contributed by atoms with Crippen molar-refractivity contribution >= 4 is 15.9 Å². The Labute approximate surface area is 96.8 Å². The number of aromatic nitrogens is 3. The van der Waals surface area contributed by atoms with Crippen molar-refractivity contribution in [3.8, 4) is 6.19 Å². The maximum absolute atomic E-state index is 8.74. The molecule has 80 valence electrons. The summed E-state index contributed by atoms with van der Waals surface area (Å²) in [5.74, 6) is 0. The predicted octanol–water partition coefficient (Wildman–Crippen LogP) is 1.47. The molecule has 0 aliphatic carbocycles. The second-order valence-corrected chi connectivity index (χ2v) is 4.48. The fourth-order valence-corrected chi connectivity index (χ4v) is 2.13. The van der Waals surface area contributed by atoms with Crippen molar-refractivity contribution < 1.29 is 0 Å². The molecule has 15 heavy (non-hydrogen) atoms. The van der Waals surface area contributed by atoms with Crippen LogP contribution in [-0.4, -0.2) is 33.0 Å². The fraction of sp³-hybridized carbons (Fsp3) is 0.667. The number of hydrogen-bond donors (Lipinski definition) is 0. The van der Waals surface area contributed by atoms with Gasteiger partial charge in [-0.2, -0.15) is 5.26 Å². The molecule has 0 unspecified atom stereocenters. The van der Waals surface area contributed by atoms with Crippen LogP contribution in [0, 0.1) is 18.4 Å². The molecule has 0 N–H and O–H groups in total. The highest BCUT2D eigenvalue weighted by Gasteiger charge is 2.22. The number of piperidine rings is 1. The molecule has 6 heteroatoms. The average Bonchev–Trinajstić information content (AvgIpc) is 2.60. The van der Waals surface area contributed by atoms with Crippen LogP contribution in [-0.2, 0) is 0 Å². The van der Waals surface area contributed by atoms with E-state index < -0.39 is 0 Å². The Morgan fingerprint density at radius 1 is 1.47 bits per heavy atom. The third-order valence-corrected chi connectivity index (χ3v) is 3.56. The molecule has 1 aliphatic rings. The first kappa shape index (κ1) is 10.4. The molecule has 1 aromatic rings. The summed E-state index contributed by atoms with van der Waals surface area (Å²) in [7, 11) is 0. The Bertz CT molecular complexity index is 386. The van der Waals surface area contributed by atoms with E-state index in [0.29, 0.717) is 6.04 Å². The molecule has 1 fully saturated rings. The molecule has 2 rings (SSSR count). The van der Waals surface area contributed by atoms with Gasteiger partial charge in [-0.3, -0.25) is 0 Å². The van der Waals surface area contributed by atoms with Gasteiger partial charge in [-0.05, 0) is 35.7 Å². The summed E-state index contributed by atoms with van der Waals surface area (Å²) in [4.78, 5) is 1.79. The lowest BCUT2D eigenvalue weighted by Gasteiger charge is -2.28. The van der Waals surface area contributed by atoms with Gasteiger partial charge in [-0.25, -0.2) is 4.68 Å². The van der Waals surface area contributed by atoms with Crippen LogP contribution < -0.4 is 0 Å². The van der Waals surface area contributed by atoms with E-state index >= 15 is 0 Å². The van der Waals surface area contributed by atoms with Crippen molar-refractivity contribution in [2.24, 2.45) is 0 Å². The molecule has 0 spiro atoms. The third kappa shape index (κ3) is 1.97. The quantitative estimate of drug-likeness (QED) is 0.725. The van der Waals surface area contributed by atoms with Crippen molar-refractivity contribution in [3.63, 3.8) is 0 Å². The second kappa shape index (κ2) is 4.19. The summed E-state index contributed by atoms with van der Waals surface area (Å²) in [6.45, 7) is 3.64. The first-order valence-electron chi connectivity index (χ1n) is 4.94. The SMILES string of the molecule is Cc1c(Br)nnn1C1CCN(C#N)CC1. The molecule has 2 heterocycles. The number of halogens is 1. The van der Waals surface area contributed by atoms with Crippen molar-refractivity contribution in [2.75, 3.05) is 13.1 Å². The van der Waals surface area contributed by atoms with Gasteiger partial charge in [0.2, 0.25) is 0 Å². The third-order valence-electron chi connectivity index (χ3n) is 2.82. The van der Waals surface area contributed by atoms with E-state index in [4.69, 9.17) is 5.26 Å². The lowest BCUT2D eigenvalue weighted by atomic mass is 10.1. The van der Waals surface area contributed by atoms with E-state index in [0.717, 1.165) is 36.2 Å². The number of likely N-dealkylation sites (tertiary alicyclic amines) is 1. The Balaban J connectivity index is 2.08. The lowest BCUT2D eigenvalue weighted by Crippen LogP contribution is -2.31. The molecule has 1 aliphatic heterocycles. The highest BCUT2D eigenvalue weighted by Crippen LogP contribution is 2.24. The fourth-order valence-electron chi connectivity index (χ4n) is 1.88. The highest BCUT2D eigenvalue weighted by atomic mass is 79.9. The summed E-state index contributed by atoms with van der Waals surface area (Å²) in [5.41, 5.74) is 1.06.